The fourth-order valence-corrected chi connectivity index (χ4v) is 2.50. The Bertz CT molecular complexity index is 400. The fraction of sp³-hybridized carbons (Fsp3) is 0.615. The highest BCUT2D eigenvalue weighted by atomic mass is 16.3. The zero-order chi connectivity index (χ0) is 12.1. The minimum atomic E-state index is 0.0602. The number of nitrogens with zero attached hydrogens (tertiary/aromatic N) is 1. The first-order valence-corrected chi connectivity index (χ1v) is 6.08. The van der Waals surface area contributed by atoms with E-state index in [0.717, 1.165) is 25.1 Å². The summed E-state index contributed by atoms with van der Waals surface area (Å²) in [6, 6.07) is 5.45. The van der Waals surface area contributed by atoms with Crippen LogP contribution < -0.4 is 5.32 Å². The number of hydrogen-bond acceptors (Lipinski definition) is 4. The van der Waals surface area contributed by atoms with Gasteiger partial charge in [-0.05, 0) is 25.0 Å². The van der Waals surface area contributed by atoms with E-state index in [9.17, 15) is 5.11 Å². The summed E-state index contributed by atoms with van der Waals surface area (Å²) in [5.74, 6) is 1.12. The molecule has 4 heteroatoms. The van der Waals surface area contributed by atoms with E-state index >= 15 is 0 Å². The number of rotatable bonds is 5. The summed E-state index contributed by atoms with van der Waals surface area (Å²) in [5.41, 5.74) is 0.0602. The van der Waals surface area contributed by atoms with Gasteiger partial charge in [0.15, 0.2) is 0 Å². The largest absolute Gasteiger partial charge is 0.449 e. The number of aliphatic hydroxyl groups excluding tert-OH is 1. The zero-order valence-corrected chi connectivity index (χ0v) is 9.91. The van der Waals surface area contributed by atoms with Crippen LogP contribution in [0.15, 0.2) is 16.5 Å². The van der Waals surface area contributed by atoms with Crippen molar-refractivity contribution in [1.82, 2.24) is 5.32 Å². The molecule has 1 aliphatic carbocycles. The fourth-order valence-electron chi connectivity index (χ4n) is 2.50. The van der Waals surface area contributed by atoms with Gasteiger partial charge in [0.2, 0.25) is 5.76 Å². The molecule has 2 rings (SSSR count). The lowest BCUT2D eigenvalue weighted by Crippen LogP contribution is -2.34. The van der Waals surface area contributed by atoms with E-state index in [1.807, 2.05) is 12.1 Å². The normalized spacial score (nSPS) is 18.1. The van der Waals surface area contributed by atoms with Crippen LogP contribution in [0.1, 0.15) is 37.2 Å². The van der Waals surface area contributed by atoms with Gasteiger partial charge in [0, 0.05) is 18.6 Å². The number of aliphatic hydroxyl groups is 1. The lowest BCUT2D eigenvalue weighted by Gasteiger charge is -2.26. The van der Waals surface area contributed by atoms with Crippen LogP contribution >= 0.6 is 0 Å². The summed E-state index contributed by atoms with van der Waals surface area (Å²) >= 11 is 0. The number of nitriles is 1. The Labute approximate surface area is 101 Å². The molecule has 17 heavy (non-hydrogen) atoms. The molecule has 1 aliphatic rings. The molecule has 0 atom stereocenters. The second-order valence-corrected chi connectivity index (χ2v) is 4.85. The third-order valence-corrected chi connectivity index (χ3v) is 3.57. The van der Waals surface area contributed by atoms with Crippen LogP contribution in [0, 0.1) is 16.7 Å². The van der Waals surface area contributed by atoms with Crippen molar-refractivity contribution in [2.45, 2.75) is 32.2 Å². The number of furan rings is 1. The molecule has 92 valence electrons. The van der Waals surface area contributed by atoms with Gasteiger partial charge in [0.1, 0.15) is 11.8 Å². The van der Waals surface area contributed by atoms with Crippen molar-refractivity contribution >= 4 is 0 Å². The second-order valence-electron chi connectivity index (χ2n) is 4.85. The number of hydrogen-bond donors (Lipinski definition) is 2. The molecule has 0 aliphatic heterocycles. The van der Waals surface area contributed by atoms with Crippen molar-refractivity contribution in [2.75, 3.05) is 13.2 Å². The van der Waals surface area contributed by atoms with Crippen molar-refractivity contribution in [1.29, 1.82) is 5.26 Å². The van der Waals surface area contributed by atoms with Gasteiger partial charge in [-0.25, -0.2) is 0 Å². The monoisotopic (exact) mass is 234 g/mol. The summed E-state index contributed by atoms with van der Waals surface area (Å²) in [7, 11) is 0. The molecule has 1 aromatic rings. The smallest absolute Gasteiger partial charge is 0.203 e. The van der Waals surface area contributed by atoms with E-state index in [1.54, 1.807) is 6.07 Å². The van der Waals surface area contributed by atoms with Gasteiger partial charge in [-0.3, -0.25) is 0 Å². The van der Waals surface area contributed by atoms with Gasteiger partial charge in [-0.15, -0.1) is 0 Å². The molecule has 4 nitrogen and oxygen atoms in total. The van der Waals surface area contributed by atoms with Gasteiger partial charge >= 0.3 is 0 Å². The van der Waals surface area contributed by atoms with Crippen LogP contribution in [0.4, 0.5) is 0 Å². The van der Waals surface area contributed by atoms with Crippen LogP contribution in [-0.4, -0.2) is 18.3 Å². The van der Waals surface area contributed by atoms with E-state index in [0.29, 0.717) is 12.3 Å². The maximum absolute atomic E-state index is 9.45. The molecular formula is C13H18N2O2. The molecule has 1 heterocycles. The molecule has 0 bridgehead atoms. The first-order chi connectivity index (χ1) is 8.28. The second kappa shape index (κ2) is 5.35. The Morgan fingerprint density at radius 1 is 1.41 bits per heavy atom. The molecule has 0 radical (unpaired) electrons. The quantitative estimate of drug-likeness (QED) is 0.815. The van der Waals surface area contributed by atoms with Crippen LogP contribution in [-0.2, 0) is 6.54 Å². The van der Waals surface area contributed by atoms with Gasteiger partial charge < -0.3 is 14.8 Å². The van der Waals surface area contributed by atoms with Crippen LogP contribution in [0.3, 0.4) is 0 Å². The first kappa shape index (κ1) is 12.2. The summed E-state index contributed by atoms with van der Waals surface area (Å²) in [6.45, 7) is 1.68. The van der Waals surface area contributed by atoms with E-state index < -0.39 is 0 Å². The number of nitrogens with one attached hydrogen (secondary N) is 1. The van der Waals surface area contributed by atoms with E-state index in [4.69, 9.17) is 9.68 Å². The van der Waals surface area contributed by atoms with Crippen LogP contribution in [0.2, 0.25) is 0 Å². The lowest BCUT2D eigenvalue weighted by atomic mass is 9.87. The van der Waals surface area contributed by atoms with Crippen molar-refractivity contribution in [2.24, 2.45) is 5.41 Å². The predicted octanol–water partition coefficient (Wildman–Crippen LogP) is 1.79. The minimum Gasteiger partial charge on any atom is -0.449 e. The molecule has 1 aromatic heterocycles. The molecule has 0 saturated heterocycles. The van der Waals surface area contributed by atoms with Crippen LogP contribution in [0.25, 0.3) is 0 Å². The highest BCUT2D eigenvalue weighted by Crippen LogP contribution is 2.36. The molecule has 2 N–H and O–H groups in total. The van der Waals surface area contributed by atoms with Gasteiger partial charge in [-0.1, -0.05) is 12.8 Å². The van der Waals surface area contributed by atoms with Gasteiger partial charge in [0.05, 0.1) is 6.54 Å². The molecule has 0 aromatic carbocycles. The standard InChI is InChI=1S/C13H18N2O2/c14-7-11-3-4-12(17-11)8-15-9-13(10-16)5-1-2-6-13/h3-4,15-16H,1-2,5-6,8-10H2. The Hall–Kier alpha value is -1.31. The van der Waals surface area contributed by atoms with Crippen molar-refractivity contribution in [3.8, 4) is 6.07 Å². The maximum atomic E-state index is 9.45. The summed E-state index contributed by atoms with van der Waals surface area (Å²) in [6.07, 6.45) is 4.61. The van der Waals surface area contributed by atoms with E-state index in [1.165, 1.54) is 12.8 Å². The van der Waals surface area contributed by atoms with Crippen LogP contribution in [0.5, 0.6) is 0 Å². The first-order valence-electron chi connectivity index (χ1n) is 6.08. The Morgan fingerprint density at radius 2 is 2.18 bits per heavy atom. The zero-order valence-electron chi connectivity index (χ0n) is 9.91. The minimum absolute atomic E-state index is 0.0602. The molecule has 1 saturated carbocycles. The topological polar surface area (TPSA) is 69.2 Å². The highest BCUT2D eigenvalue weighted by Gasteiger charge is 2.32. The summed E-state index contributed by atoms with van der Waals surface area (Å²) < 4.78 is 5.28. The molecular weight excluding hydrogens is 216 g/mol. The average molecular weight is 234 g/mol. The Kier molecular flexibility index (Phi) is 3.82. The molecule has 1 fully saturated rings. The van der Waals surface area contributed by atoms with Crippen molar-refractivity contribution in [3.05, 3.63) is 23.7 Å². The average Bonchev–Trinajstić information content (AvgIpc) is 2.98. The Balaban J connectivity index is 1.81. The van der Waals surface area contributed by atoms with Crippen molar-refractivity contribution in [3.63, 3.8) is 0 Å². The summed E-state index contributed by atoms with van der Waals surface area (Å²) in [4.78, 5) is 0. The summed E-state index contributed by atoms with van der Waals surface area (Å²) in [5, 5.41) is 21.4. The predicted molar refractivity (Wildman–Crippen MR) is 63.1 cm³/mol. The molecule has 0 unspecified atom stereocenters. The SMILES string of the molecule is N#Cc1ccc(CNCC2(CO)CCCC2)o1. The lowest BCUT2D eigenvalue weighted by molar-refractivity contribution is 0.127. The van der Waals surface area contributed by atoms with Gasteiger partial charge in [-0.2, -0.15) is 5.26 Å². The molecule has 0 amide bonds. The Morgan fingerprint density at radius 3 is 2.76 bits per heavy atom. The maximum Gasteiger partial charge on any atom is 0.203 e. The highest BCUT2D eigenvalue weighted by molar-refractivity contribution is 5.18. The van der Waals surface area contributed by atoms with Gasteiger partial charge in [0.25, 0.3) is 0 Å². The third-order valence-electron chi connectivity index (χ3n) is 3.57. The molecule has 0 spiro atoms. The third kappa shape index (κ3) is 2.87. The van der Waals surface area contributed by atoms with E-state index in [-0.39, 0.29) is 12.0 Å². The van der Waals surface area contributed by atoms with E-state index in [2.05, 4.69) is 5.32 Å². The van der Waals surface area contributed by atoms with Crippen molar-refractivity contribution < 1.29 is 9.52 Å².